The van der Waals surface area contributed by atoms with Gasteiger partial charge in [0.2, 0.25) is 0 Å². The summed E-state index contributed by atoms with van der Waals surface area (Å²) in [7, 11) is 0. The molecule has 1 heterocycles. The van der Waals surface area contributed by atoms with E-state index in [-0.39, 0.29) is 5.91 Å². The van der Waals surface area contributed by atoms with Gasteiger partial charge in [0.05, 0.1) is 5.56 Å². The van der Waals surface area contributed by atoms with Gasteiger partial charge in [-0.25, -0.2) is 0 Å². The zero-order valence-corrected chi connectivity index (χ0v) is 15.2. The summed E-state index contributed by atoms with van der Waals surface area (Å²) in [5, 5.41) is 2.96. The van der Waals surface area contributed by atoms with Crippen molar-refractivity contribution in [3.05, 3.63) is 27.6 Å². The van der Waals surface area contributed by atoms with Crippen LogP contribution in [0.2, 0.25) is 0 Å². The molecule has 1 aromatic heterocycles. The SMILES string of the molecule is CCCN(CCC)CCCCNC(=O)c1cncc([131I])c1. The number of pyridine rings is 1. The Morgan fingerprint density at radius 3 is 2.52 bits per heavy atom. The molecule has 0 aliphatic rings. The van der Waals surface area contributed by atoms with Crippen molar-refractivity contribution < 1.29 is 4.79 Å². The second-order valence-corrected chi connectivity index (χ2v) is 6.44. The van der Waals surface area contributed by atoms with Crippen molar-refractivity contribution in [3.8, 4) is 0 Å². The minimum absolute atomic E-state index is 0.0278. The number of rotatable bonds is 10. The average molecular weight is 407 g/mol. The molecule has 5 heteroatoms. The summed E-state index contributed by atoms with van der Waals surface area (Å²) in [6.45, 7) is 8.65. The highest BCUT2D eigenvalue weighted by atomic mass is 131. The van der Waals surface area contributed by atoms with E-state index >= 15 is 0 Å². The highest BCUT2D eigenvalue weighted by Crippen LogP contribution is 2.05. The molecule has 1 amide bonds. The molecule has 1 N–H and O–H groups in total. The Balaban J connectivity index is 2.20. The molecule has 0 fully saturated rings. The van der Waals surface area contributed by atoms with E-state index in [1.807, 2.05) is 6.07 Å². The molecule has 0 atom stereocenters. The first-order valence-electron chi connectivity index (χ1n) is 7.78. The molecular weight excluding hydrogens is 381 g/mol. The second kappa shape index (κ2) is 11.0. The Morgan fingerprint density at radius 1 is 1.19 bits per heavy atom. The molecule has 0 saturated carbocycles. The molecule has 0 bridgehead atoms. The molecule has 0 aliphatic carbocycles. The fourth-order valence-electron chi connectivity index (χ4n) is 2.27. The Bertz CT molecular complexity index is 420. The predicted octanol–water partition coefficient (Wildman–Crippen LogP) is 3.32. The summed E-state index contributed by atoms with van der Waals surface area (Å²) in [4.78, 5) is 18.5. The van der Waals surface area contributed by atoms with Crippen LogP contribution < -0.4 is 5.32 Å². The predicted molar refractivity (Wildman–Crippen MR) is 95.5 cm³/mol. The summed E-state index contributed by atoms with van der Waals surface area (Å²) in [5.41, 5.74) is 0.639. The maximum absolute atomic E-state index is 11.9. The molecule has 0 spiro atoms. The van der Waals surface area contributed by atoms with Gasteiger partial charge in [-0.2, -0.15) is 0 Å². The maximum atomic E-state index is 11.9. The van der Waals surface area contributed by atoms with Crippen LogP contribution in [0.1, 0.15) is 49.9 Å². The van der Waals surface area contributed by atoms with Gasteiger partial charge in [0, 0.05) is 22.5 Å². The normalized spacial score (nSPS) is 10.9. The summed E-state index contributed by atoms with van der Waals surface area (Å²) in [5.74, 6) is -0.0278. The molecule has 0 aromatic carbocycles. The Hall–Kier alpha value is -0.690. The molecule has 1 rings (SSSR count). The number of carbonyl (C=O) groups is 1. The number of amides is 1. The fourth-order valence-corrected chi connectivity index (χ4v) is 2.76. The lowest BCUT2D eigenvalue weighted by atomic mass is 10.2. The fraction of sp³-hybridized carbons (Fsp3) is 0.625. The highest BCUT2D eigenvalue weighted by Gasteiger charge is 2.06. The lowest BCUT2D eigenvalue weighted by Gasteiger charge is -2.20. The van der Waals surface area contributed by atoms with Gasteiger partial charge in [-0.3, -0.25) is 9.78 Å². The van der Waals surface area contributed by atoms with Crippen molar-refractivity contribution in [2.45, 2.75) is 39.5 Å². The van der Waals surface area contributed by atoms with Gasteiger partial charge in [0.15, 0.2) is 0 Å². The first-order chi connectivity index (χ1) is 10.2. The van der Waals surface area contributed by atoms with E-state index in [1.54, 1.807) is 12.4 Å². The number of unbranched alkanes of at least 4 members (excludes halogenated alkanes) is 1. The first kappa shape index (κ1) is 18.4. The Morgan fingerprint density at radius 2 is 1.90 bits per heavy atom. The maximum Gasteiger partial charge on any atom is 0.252 e. The van der Waals surface area contributed by atoms with Crippen molar-refractivity contribution >= 4 is 28.5 Å². The molecule has 118 valence electrons. The number of halogens is 1. The molecule has 0 unspecified atom stereocenters. The number of nitrogens with one attached hydrogen (secondary N) is 1. The number of hydrogen-bond acceptors (Lipinski definition) is 3. The van der Waals surface area contributed by atoms with Gasteiger partial charge in [-0.1, -0.05) is 13.8 Å². The first-order valence-corrected chi connectivity index (χ1v) is 8.86. The van der Waals surface area contributed by atoms with Gasteiger partial charge < -0.3 is 10.2 Å². The van der Waals surface area contributed by atoms with Crippen molar-refractivity contribution in [2.24, 2.45) is 0 Å². The number of hydrogen-bond donors (Lipinski definition) is 1. The molecule has 1 aromatic rings. The highest BCUT2D eigenvalue weighted by molar-refractivity contribution is 14.1. The lowest BCUT2D eigenvalue weighted by molar-refractivity contribution is 0.0952. The summed E-state index contributed by atoms with van der Waals surface area (Å²) >= 11 is 2.16. The zero-order valence-electron chi connectivity index (χ0n) is 13.1. The van der Waals surface area contributed by atoms with Crippen LogP contribution in [0.4, 0.5) is 0 Å². The van der Waals surface area contributed by atoms with Gasteiger partial charge in [0.25, 0.3) is 5.91 Å². The van der Waals surface area contributed by atoms with Crippen LogP contribution in [-0.2, 0) is 0 Å². The van der Waals surface area contributed by atoms with Crippen LogP contribution in [0.3, 0.4) is 0 Å². The summed E-state index contributed by atoms with van der Waals surface area (Å²) in [6, 6.07) is 1.85. The minimum Gasteiger partial charge on any atom is -0.352 e. The number of aromatic nitrogens is 1. The van der Waals surface area contributed by atoms with Gasteiger partial charge >= 0.3 is 0 Å². The smallest absolute Gasteiger partial charge is 0.252 e. The third-order valence-electron chi connectivity index (χ3n) is 3.23. The van der Waals surface area contributed by atoms with E-state index in [2.05, 4.69) is 51.6 Å². The molecule has 21 heavy (non-hydrogen) atoms. The molecule has 4 nitrogen and oxygen atoms in total. The average Bonchev–Trinajstić information content (AvgIpc) is 2.47. The van der Waals surface area contributed by atoms with Crippen LogP contribution in [0.5, 0.6) is 0 Å². The molecule has 0 radical (unpaired) electrons. The lowest BCUT2D eigenvalue weighted by Crippen LogP contribution is -2.28. The van der Waals surface area contributed by atoms with Crippen LogP contribution in [0.25, 0.3) is 0 Å². The van der Waals surface area contributed by atoms with Crippen LogP contribution in [0, 0.1) is 3.57 Å². The largest absolute Gasteiger partial charge is 0.352 e. The summed E-state index contributed by atoms with van der Waals surface area (Å²) < 4.78 is 0.982. The van der Waals surface area contributed by atoms with E-state index in [9.17, 15) is 4.79 Å². The number of carbonyl (C=O) groups excluding carboxylic acids is 1. The quantitative estimate of drug-likeness (QED) is 0.478. The number of nitrogens with zero attached hydrogens (tertiary/aromatic N) is 2. The standard InChI is InChI=1S/C16H26IN3O/c1-3-8-20(9-4-2)10-6-5-7-19-16(21)14-11-15(17)13-18-12-14/h11-13H,3-10H2,1-2H3,(H,19,21)/i17+4. The van der Waals surface area contributed by atoms with Crippen LogP contribution in [-0.4, -0.2) is 42.0 Å². The Kier molecular flexibility index (Phi) is 9.58. The van der Waals surface area contributed by atoms with Crippen molar-refractivity contribution in [3.63, 3.8) is 0 Å². The van der Waals surface area contributed by atoms with E-state index in [1.165, 1.54) is 25.9 Å². The zero-order chi connectivity index (χ0) is 15.5. The molecular formula is C16H26IN3O. The minimum atomic E-state index is -0.0278. The molecule has 0 saturated heterocycles. The monoisotopic (exact) mass is 407 g/mol. The van der Waals surface area contributed by atoms with E-state index in [0.29, 0.717) is 5.56 Å². The second-order valence-electron chi connectivity index (χ2n) is 5.20. The van der Waals surface area contributed by atoms with Gasteiger partial charge in [-0.05, 0) is 74.0 Å². The van der Waals surface area contributed by atoms with Crippen molar-refractivity contribution in [2.75, 3.05) is 26.2 Å². The van der Waals surface area contributed by atoms with Crippen molar-refractivity contribution in [1.82, 2.24) is 15.2 Å². The third kappa shape index (κ3) is 7.76. The van der Waals surface area contributed by atoms with E-state index < -0.39 is 0 Å². The van der Waals surface area contributed by atoms with E-state index in [0.717, 1.165) is 29.5 Å². The summed E-state index contributed by atoms with van der Waals surface area (Å²) in [6.07, 6.45) is 7.92. The van der Waals surface area contributed by atoms with Crippen LogP contribution >= 0.6 is 22.6 Å². The Labute approximate surface area is 141 Å². The third-order valence-corrected chi connectivity index (χ3v) is 3.82. The van der Waals surface area contributed by atoms with Crippen molar-refractivity contribution in [1.29, 1.82) is 0 Å². The van der Waals surface area contributed by atoms with Gasteiger partial charge in [0.1, 0.15) is 0 Å². The van der Waals surface area contributed by atoms with Crippen LogP contribution in [0.15, 0.2) is 18.5 Å². The van der Waals surface area contributed by atoms with Gasteiger partial charge in [-0.15, -0.1) is 0 Å². The molecule has 0 aliphatic heterocycles. The van der Waals surface area contributed by atoms with E-state index in [4.69, 9.17) is 0 Å². The topological polar surface area (TPSA) is 45.2 Å².